The van der Waals surface area contributed by atoms with Crippen LogP contribution in [-0.4, -0.2) is 54.1 Å². The predicted molar refractivity (Wildman–Crippen MR) is 144 cm³/mol. The van der Waals surface area contributed by atoms with E-state index >= 15 is 0 Å². The molecule has 1 N–H and O–H groups in total. The van der Waals surface area contributed by atoms with Gasteiger partial charge in [0.05, 0.1) is 26.1 Å². The standard InChI is InChI=1S/C28H37NO4SSi/c1-28(2,3)24-18-33-27(32)29(24)26(31)25-22(30)16-21(35(4,5)20-14-10-7-11-15-20)17-23(25)34-19-12-8-6-9-13-19/h6-15,21-25,30H,16-18H2,1-5H3/t21-,22-,23-,24-,25-/m1/s1. The third-order valence-electron chi connectivity index (χ3n) is 7.82. The van der Waals surface area contributed by atoms with Gasteiger partial charge in [0, 0.05) is 10.1 Å². The fourth-order valence-corrected chi connectivity index (χ4v) is 10.3. The van der Waals surface area contributed by atoms with Crippen LogP contribution in [0.5, 0.6) is 0 Å². The van der Waals surface area contributed by atoms with E-state index in [0.29, 0.717) is 12.0 Å². The van der Waals surface area contributed by atoms with E-state index in [4.69, 9.17) is 4.74 Å². The van der Waals surface area contributed by atoms with Crippen LogP contribution >= 0.6 is 11.8 Å². The summed E-state index contributed by atoms with van der Waals surface area (Å²) < 4.78 is 5.32. The lowest BCUT2D eigenvalue weighted by Crippen LogP contribution is -2.57. The normalized spacial score (nSPS) is 27.5. The molecule has 1 aliphatic heterocycles. The number of hydrogen-bond donors (Lipinski definition) is 1. The second kappa shape index (κ2) is 10.1. The molecule has 0 bridgehead atoms. The van der Waals surface area contributed by atoms with Crippen molar-refractivity contribution in [2.75, 3.05) is 6.61 Å². The minimum atomic E-state index is -1.92. The highest BCUT2D eigenvalue weighted by Crippen LogP contribution is 2.47. The third-order valence-corrected chi connectivity index (χ3v) is 13.5. The lowest BCUT2D eigenvalue weighted by molar-refractivity contribution is -0.139. The molecular weight excluding hydrogens is 474 g/mol. The zero-order chi connectivity index (χ0) is 25.4. The number of cyclic esters (lactones) is 1. The summed E-state index contributed by atoms with van der Waals surface area (Å²) in [5.74, 6) is -0.960. The second-order valence-corrected chi connectivity index (χ2v) is 17.6. The van der Waals surface area contributed by atoms with Crippen LogP contribution in [0.15, 0.2) is 65.6 Å². The molecule has 0 spiro atoms. The van der Waals surface area contributed by atoms with E-state index in [-0.39, 0.29) is 29.2 Å². The predicted octanol–water partition coefficient (Wildman–Crippen LogP) is 5.30. The molecule has 4 rings (SSSR count). The minimum Gasteiger partial charge on any atom is -0.447 e. The highest BCUT2D eigenvalue weighted by atomic mass is 32.2. The zero-order valence-corrected chi connectivity index (χ0v) is 23.1. The number of nitrogens with zero attached hydrogens (tertiary/aromatic N) is 1. The van der Waals surface area contributed by atoms with E-state index in [1.807, 2.05) is 57.2 Å². The highest BCUT2D eigenvalue weighted by Gasteiger charge is 2.52. The Labute approximate surface area is 214 Å². The number of aliphatic hydroxyl groups excluding tert-OH is 1. The molecule has 2 aromatic carbocycles. The Balaban J connectivity index is 1.67. The molecule has 0 radical (unpaired) electrons. The first kappa shape index (κ1) is 26.0. The van der Waals surface area contributed by atoms with Crippen molar-refractivity contribution in [3.63, 3.8) is 0 Å². The highest BCUT2D eigenvalue weighted by molar-refractivity contribution is 8.00. The third kappa shape index (κ3) is 5.37. The van der Waals surface area contributed by atoms with Crippen LogP contribution in [-0.2, 0) is 9.53 Å². The van der Waals surface area contributed by atoms with Crippen molar-refractivity contribution in [3.05, 3.63) is 60.7 Å². The number of carbonyl (C=O) groups excluding carboxylic acids is 2. The van der Waals surface area contributed by atoms with Gasteiger partial charge in [0.2, 0.25) is 5.91 Å². The number of hydrogen-bond acceptors (Lipinski definition) is 5. The minimum absolute atomic E-state index is 0.136. The largest absolute Gasteiger partial charge is 0.447 e. The molecule has 0 aromatic heterocycles. The van der Waals surface area contributed by atoms with Crippen molar-refractivity contribution >= 4 is 37.0 Å². The maximum Gasteiger partial charge on any atom is 0.417 e. The summed E-state index contributed by atoms with van der Waals surface area (Å²) in [5.41, 5.74) is 0.00273. The second-order valence-electron chi connectivity index (χ2n) is 11.5. The van der Waals surface area contributed by atoms with Gasteiger partial charge in [0.25, 0.3) is 0 Å². The first-order chi connectivity index (χ1) is 16.5. The maximum absolute atomic E-state index is 14.0. The van der Waals surface area contributed by atoms with Crippen molar-refractivity contribution < 1.29 is 19.4 Å². The molecule has 35 heavy (non-hydrogen) atoms. The average molecular weight is 512 g/mol. The van der Waals surface area contributed by atoms with Crippen molar-refractivity contribution in [1.82, 2.24) is 4.90 Å². The molecule has 2 amide bonds. The summed E-state index contributed by atoms with van der Waals surface area (Å²) in [7, 11) is -1.92. The number of amides is 2. The Bertz CT molecular complexity index is 1040. The van der Waals surface area contributed by atoms with E-state index in [1.54, 1.807) is 11.8 Å². The first-order valence-electron chi connectivity index (χ1n) is 12.4. The molecule has 2 fully saturated rings. The molecule has 5 nitrogen and oxygen atoms in total. The SMILES string of the molecule is CC(C)(C)[C@H]1COC(=O)N1C(=O)[C@@H]1[C@H](O)C[C@@H]([Si](C)(C)c2ccccc2)C[C@H]1Sc1ccccc1. The average Bonchev–Trinajstić information content (AvgIpc) is 3.22. The zero-order valence-electron chi connectivity index (χ0n) is 21.3. The van der Waals surface area contributed by atoms with Gasteiger partial charge in [-0.3, -0.25) is 4.79 Å². The first-order valence-corrected chi connectivity index (χ1v) is 16.4. The number of carbonyl (C=O) groups is 2. The number of rotatable bonds is 5. The molecule has 188 valence electrons. The van der Waals surface area contributed by atoms with Gasteiger partial charge in [-0.25, -0.2) is 9.69 Å². The summed E-state index contributed by atoms with van der Waals surface area (Å²) in [6.07, 6.45) is -0.0115. The van der Waals surface area contributed by atoms with Gasteiger partial charge in [-0.1, -0.05) is 87.6 Å². The van der Waals surface area contributed by atoms with Gasteiger partial charge in [-0.05, 0) is 35.9 Å². The van der Waals surface area contributed by atoms with E-state index in [0.717, 1.165) is 11.3 Å². The van der Waals surface area contributed by atoms with Crippen LogP contribution in [0.1, 0.15) is 33.6 Å². The van der Waals surface area contributed by atoms with E-state index in [1.165, 1.54) is 10.1 Å². The number of aliphatic hydroxyl groups is 1. The van der Waals surface area contributed by atoms with Gasteiger partial charge >= 0.3 is 6.09 Å². The fourth-order valence-electron chi connectivity index (χ4n) is 5.48. The monoisotopic (exact) mass is 511 g/mol. The molecule has 1 heterocycles. The van der Waals surface area contributed by atoms with E-state index < -0.39 is 26.2 Å². The molecule has 1 saturated heterocycles. The summed E-state index contributed by atoms with van der Waals surface area (Å²) in [6, 6.07) is 20.3. The van der Waals surface area contributed by atoms with Crippen LogP contribution < -0.4 is 5.19 Å². The molecule has 1 saturated carbocycles. The Morgan fingerprint density at radius 3 is 2.23 bits per heavy atom. The van der Waals surface area contributed by atoms with Gasteiger partial charge < -0.3 is 9.84 Å². The van der Waals surface area contributed by atoms with Gasteiger partial charge in [0.1, 0.15) is 6.61 Å². The smallest absolute Gasteiger partial charge is 0.417 e. The summed E-state index contributed by atoms with van der Waals surface area (Å²) in [4.78, 5) is 29.0. The molecule has 2 aliphatic rings. The van der Waals surface area contributed by atoms with Gasteiger partial charge in [-0.15, -0.1) is 11.8 Å². The molecule has 1 aliphatic carbocycles. The Kier molecular flexibility index (Phi) is 7.51. The Morgan fingerprint density at radius 1 is 1.03 bits per heavy atom. The van der Waals surface area contributed by atoms with Crippen LogP contribution in [0.25, 0.3) is 0 Å². The number of ether oxygens (including phenoxy) is 1. The summed E-state index contributed by atoms with van der Waals surface area (Å²) in [6.45, 7) is 11.0. The van der Waals surface area contributed by atoms with Crippen molar-refractivity contribution in [2.24, 2.45) is 11.3 Å². The maximum atomic E-state index is 14.0. The van der Waals surface area contributed by atoms with Crippen LogP contribution in [0, 0.1) is 11.3 Å². The molecule has 5 atom stereocenters. The van der Waals surface area contributed by atoms with Crippen LogP contribution in [0.3, 0.4) is 0 Å². The van der Waals surface area contributed by atoms with Crippen LogP contribution in [0.2, 0.25) is 18.6 Å². The van der Waals surface area contributed by atoms with Gasteiger partial charge in [0.15, 0.2) is 0 Å². The fraction of sp³-hybridized carbons (Fsp3) is 0.500. The number of benzene rings is 2. The topological polar surface area (TPSA) is 66.8 Å². The van der Waals surface area contributed by atoms with Gasteiger partial charge in [-0.2, -0.15) is 0 Å². The Hall–Kier alpha value is -2.09. The lowest BCUT2D eigenvalue weighted by atomic mass is 9.82. The summed E-state index contributed by atoms with van der Waals surface area (Å²) in [5, 5.41) is 12.7. The number of thioether (sulfide) groups is 1. The summed E-state index contributed by atoms with van der Waals surface area (Å²) >= 11 is 1.65. The van der Waals surface area contributed by atoms with E-state index in [9.17, 15) is 14.7 Å². The number of imide groups is 1. The lowest BCUT2D eigenvalue weighted by Gasteiger charge is -2.45. The molecule has 7 heteroatoms. The van der Waals surface area contributed by atoms with Crippen molar-refractivity contribution in [3.8, 4) is 0 Å². The quantitative estimate of drug-likeness (QED) is 0.552. The van der Waals surface area contributed by atoms with Crippen molar-refractivity contribution in [2.45, 2.75) is 74.5 Å². The Morgan fingerprint density at radius 2 is 1.63 bits per heavy atom. The van der Waals surface area contributed by atoms with Crippen molar-refractivity contribution in [1.29, 1.82) is 0 Å². The van der Waals surface area contributed by atoms with Crippen LogP contribution in [0.4, 0.5) is 4.79 Å². The molecule has 2 aromatic rings. The molecular formula is C28H37NO4SSi. The van der Waals surface area contributed by atoms with E-state index in [2.05, 4.69) is 37.4 Å². The molecule has 0 unspecified atom stereocenters.